The first kappa shape index (κ1) is 13.5. The van der Waals surface area contributed by atoms with Crippen molar-refractivity contribution < 1.29 is 13.5 Å². The monoisotopic (exact) mass is 254 g/mol. The van der Waals surface area contributed by atoms with Crippen LogP contribution >= 0.6 is 0 Å². The van der Waals surface area contributed by atoms with Gasteiger partial charge in [-0.25, -0.2) is 8.78 Å². The standard InChI is InChI=1S/C15H20F2O/c1-10-7-11(5-6-18-2)8-13(10)12-3-4-14(16)15(17)9-12/h3-4,9-11,13H,5-8H2,1-2H3/t10-,11?,13-/m1/s1. The molecule has 0 spiro atoms. The Bertz CT molecular complexity index is 405. The summed E-state index contributed by atoms with van der Waals surface area (Å²) in [6.45, 7) is 2.97. The quantitative estimate of drug-likeness (QED) is 0.785. The van der Waals surface area contributed by atoms with E-state index < -0.39 is 11.6 Å². The summed E-state index contributed by atoms with van der Waals surface area (Å²) in [6.07, 6.45) is 3.25. The molecule has 1 fully saturated rings. The molecule has 100 valence electrons. The average Bonchev–Trinajstić information content (AvgIpc) is 2.71. The van der Waals surface area contributed by atoms with E-state index in [1.54, 1.807) is 13.2 Å². The molecule has 1 nitrogen and oxygen atoms in total. The molecule has 1 unspecified atom stereocenters. The summed E-state index contributed by atoms with van der Waals surface area (Å²) in [5.74, 6) is 0.0112. The number of hydrogen-bond acceptors (Lipinski definition) is 1. The Morgan fingerprint density at radius 2 is 2.00 bits per heavy atom. The van der Waals surface area contributed by atoms with Gasteiger partial charge >= 0.3 is 0 Å². The molecule has 0 aromatic heterocycles. The summed E-state index contributed by atoms with van der Waals surface area (Å²) in [5, 5.41) is 0. The third kappa shape index (κ3) is 2.89. The van der Waals surface area contributed by atoms with Crippen molar-refractivity contribution >= 4 is 0 Å². The van der Waals surface area contributed by atoms with Crippen LogP contribution in [0.1, 0.15) is 37.7 Å². The van der Waals surface area contributed by atoms with E-state index in [1.165, 1.54) is 12.1 Å². The zero-order valence-electron chi connectivity index (χ0n) is 11.0. The molecule has 1 aliphatic carbocycles. The van der Waals surface area contributed by atoms with E-state index in [4.69, 9.17) is 4.74 Å². The maximum atomic E-state index is 13.3. The highest BCUT2D eigenvalue weighted by atomic mass is 19.2. The highest BCUT2D eigenvalue weighted by Crippen LogP contribution is 2.44. The molecule has 3 atom stereocenters. The fraction of sp³-hybridized carbons (Fsp3) is 0.600. The Balaban J connectivity index is 2.06. The van der Waals surface area contributed by atoms with Gasteiger partial charge in [-0.15, -0.1) is 0 Å². The first-order valence-electron chi connectivity index (χ1n) is 6.55. The smallest absolute Gasteiger partial charge is 0.159 e. The molecule has 1 saturated carbocycles. The van der Waals surface area contributed by atoms with Crippen LogP contribution in [-0.2, 0) is 4.74 Å². The van der Waals surface area contributed by atoms with Crippen LogP contribution in [-0.4, -0.2) is 13.7 Å². The molecule has 0 N–H and O–H groups in total. The van der Waals surface area contributed by atoms with Gasteiger partial charge in [0.15, 0.2) is 11.6 Å². The van der Waals surface area contributed by atoms with Gasteiger partial charge in [0.25, 0.3) is 0 Å². The number of ether oxygens (including phenoxy) is 1. The van der Waals surface area contributed by atoms with Crippen LogP contribution in [0.5, 0.6) is 0 Å². The van der Waals surface area contributed by atoms with Gasteiger partial charge in [-0.2, -0.15) is 0 Å². The molecule has 1 aromatic carbocycles. The molecule has 1 aliphatic rings. The van der Waals surface area contributed by atoms with E-state index in [0.717, 1.165) is 31.4 Å². The van der Waals surface area contributed by atoms with E-state index in [9.17, 15) is 8.78 Å². The van der Waals surface area contributed by atoms with E-state index in [0.29, 0.717) is 17.8 Å². The summed E-state index contributed by atoms with van der Waals surface area (Å²) in [6, 6.07) is 4.31. The number of hydrogen-bond donors (Lipinski definition) is 0. The number of halogens is 2. The van der Waals surface area contributed by atoms with E-state index in [2.05, 4.69) is 6.92 Å². The van der Waals surface area contributed by atoms with Gasteiger partial charge in [0.2, 0.25) is 0 Å². The van der Waals surface area contributed by atoms with Crippen molar-refractivity contribution in [3.63, 3.8) is 0 Å². The Hall–Kier alpha value is -0.960. The van der Waals surface area contributed by atoms with Crippen LogP contribution < -0.4 is 0 Å². The molecule has 0 bridgehead atoms. The van der Waals surface area contributed by atoms with Crippen LogP contribution in [0.2, 0.25) is 0 Å². The minimum absolute atomic E-state index is 0.349. The van der Waals surface area contributed by atoms with Crippen molar-refractivity contribution in [3.05, 3.63) is 35.4 Å². The lowest BCUT2D eigenvalue weighted by atomic mass is 9.90. The molecule has 3 heteroatoms. The SMILES string of the molecule is COCCC1C[C@@H](C)[C@H](c2ccc(F)c(F)c2)C1. The molecule has 2 rings (SSSR count). The highest BCUT2D eigenvalue weighted by Gasteiger charge is 2.32. The van der Waals surface area contributed by atoms with Crippen molar-refractivity contribution in [2.75, 3.05) is 13.7 Å². The van der Waals surface area contributed by atoms with Gasteiger partial charge in [-0.3, -0.25) is 0 Å². The Kier molecular flexibility index (Phi) is 4.33. The van der Waals surface area contributed by atoms with Crippen LogP contribution in [0.4, 0.5) is 8.78 Å². The summed E-state index contributed by atoms with van der Waals surface area (Å²) in [7, 11) is 1.71. The lowest BCUT2D eigenvalue weighted by Crippen LogP contribution is -2.03. The number of rotatable bonds is 4. The fourth-order valence-electron chi connectivity index (χ4n) is 3.11. The number of methoxy groups -OCH3 is 1. The molecular formula is C15H20F2O. The van der Waals surface area contributed by atoms with Gasteiger partial charge in [0, 0.05) is 13.7 Å². The number of benzene rings is 1. The maximum absolute atomic E-state index is 13.3. The molecule has 0 aliphatic heterocycles. The third-order valence-corrected chi connectivity index (χ3v) is 4.08. The van der Waals surface area contributed by atoms with E-state index >= 15 is 0 Å². The van der Waals surface area contributed by atoms with Crippen molar-refractivity contribution in [1.29, 1.82) is 0 Å². The van der Waals surface area contributed by atoms with Crippen LogP contribution in [0, 0.1) is 23.5 Å². The third-order valence-electron chi connectivity index (χ3n) is 4.08. The second kappa shape index (κ2) is 5.79. The lowest BCUT2D eigenvalue weighted by Gasteiger charge is -2.15. The van der Waals surface area contributed by atoms with Gasteiger partial charge in [-0.05, 0) is 54.7 Å². The maximum Gasteiger partial charge on any atom is 0.159 e. The highest BCUT2D eigenvalue weighted by molar-refractivity contribution is 5.23. The second-order valence-electron chi connectivity index (χ2n) is 5.38. The lowest BCUT2D eigenvalue weighted by molar-refractivity contribution is 0.177. The van der Waals surface area contributed by atoms with Gasteiger partial charge < -0.3 is 4.74 Å². The largest absolute Gasteiger partial charge is 0.385 e. The summed E-state index contributed by atoms with van der Waals surface area (Å²) < 4.78 is 31.3. The Labute approximate surface area is 107 Å². The average molecular weight is 254 g/mol. The Morgan fingerprint density at radius 3 is 2.67 bits per heavy atom. The normalized spacial score (nSPS) is 27.7. The summed E-state index contributed by atoms with van der Waals surface area (Å²) in [5.41, 5.74) is 0.932. The summed E-state index contributed by atoms with van der Waals surface area (Å²) >= 11 is 0. The van der Waals surface area contributed by atoms with Crippen molar-refractivity contribution in [1.82, 2.24) is 0 Å². The predicted molar refractivity (Wildman–Crippen MR) is 67.5 cm³/mol. The minimum atomic E-state index is -0.764. The van der Waals surface area contributed by atoms with Crippen LogP contribution in [0.15, 0.2) is 18.2 Å². The van der Waals surface area contributed by atoms with Gasteiger partial charge in [0.1, 0.15) is 0 Å². The van der Waals surface area contributed by atoms with Crippen molar-refractivity contribution in [2.24, 2.45) is 11.8 Å². The molecule has 1 aromatic rings. The van der Waals surface area contributed by atoms with E-state index in [-0.39, 0.29) is 0 Å². The zero-order valence-corrected chi connectivity index (χ0v) is 11.0. The van der Waals surface area contributed by atoms with Crippen molar-refractivity contribution in [2.45, 2.75) is 32.1 Å². The topological polar surface area (TPSA) is 9.23 Å². The molecule has 0 radical (unpaired) electrons. The Morgan fingerprint density at radius 1 is 1.22 bits per heavy atom. The second-order valence-corrected chi connectivity index (χ2v) is 5.38. The summed E-state index contributed by atoms with van der Waals surface area (Å²) in [4.78, 5) is 0. The van der Waals surface area contributed by atoms with Gasteiger partial charge in [-0.1, -0.05) is 13.0 Å². The van der Waals surface area contributed by atoms with Gasteiger partial charge in [0.05, 0.1) is 0 Å². The molecule has 0 amide bonds. The van der Waals surface area contributed by atoms with Crippen molar-refractivity contribution in [3.8, 4) is 0 Å². The fourth-order valence-corrected chi connectivity index (χ4v) is 3.11. The molecule has 0 saturated heterocycles. The molecule has 0 heterocycles. The van der Waals surface area contributed by atoms with E-state index in [1.807, 2.05) is 0 Å². The molecule has 18 heavy (non-hydrogen) atoms. The predicted octanol–water partition coefficient (Wildman–Crippen LogP) is 4.13. The first-order valence-corrected chi connectivity index (χ1v) is 6.55. The van der Waals surface area contributed by atoms with Crippen LogP contribution in [0.25, 0.3) is 0 Å². The van der Waals surface area contributed by atoms with Crippen LogP contribution in [0.3, 0.4) is 0 Å². The first-order chi connectivity index (χ1) is 8.61. The zero-order chi connectivity index (χ0) is 13.1. The molecular weight excluding hydrogens is 234 g/mol. The minimum Gasteiger partial charge on any atom is -0.385 e.